The molecule has 0 saturated heterocycles. The molecule has 0 spiro atoms. The van der Waals surface area contributed by atoms with Gasteiger partial charge in [-0.25, -0.2) is 0 Å². The highest BCUT2D eigenvalue weighted by atomic mass is 79.9. The largest absolute Gasteiger partial charge is 0.306 e. The van der Waals surface area contributed by atoms with E-state index in [1.165, 1.54) is 5.56 Å². The molecule has 0 bridgehead atoms. The number of carbonyl (C=O) groups is 1. The van der Waals surface area contributed by atoms with E-state index in [1.807, 2.05) is 48.8 Å². The second kappa shape index (κ2) is 8.05. The lowest BCUT2D eigenvalue weighted by atomic mass is 10.1. The SMILES string of the molecule is CN(CCC(=O)c1ccc(Br)cc1)CCc1ccncc1. The predicted octanol–water partition coefficient (Wildman–Crippen LogP) is 3.59. The number of hydrogen-bond acceptors (Lipinski definition) is 3. The number of benzene rings is 1. The van der Waals surface area contributed by atoms with Crippen LogP contribution in [0.3, 0.4) is 0 Å². The summed E-state index contributed by atoms with van der Waals surface area (Å²) in [7, 11) is 2.05. The summed E-state index contributed by atoms with van der Waals surface area (Å²) in [5.74, 6) is 0.193. The number of halogens is 1. The standard InChI is InChI=1S/C17H19BrN2O/c1-20(12-8-14-6-10-19-11-7-14)13-9-17(21)15-2-4-16(18)5-3-15/h2-7,10-11H,8-9,12-13H2,1H3. The number of pyridine rings is 1. The number of rotatable bonds is 7. The smallest absolute Gasteiger partial charge is 0.164 e. The van der Waals surface area contributed by atoms with Crippen molar-refractivity contribution in [3.63, 3.8) is 0 Å². The van der Waals surface area contributed by atoms with E-state index in [2.05, 4.69) is 32.9 Å². The molecule has 1 aromatic carbocycles. The van der Waals surface area contributed by atoms with Crippen LogP contribution in [0.5, 0.6) is 0 Å². The van der Waals surface area contributed by atoms with Crippen LogP contribution in [0, 0.1) is 0 Å². The molecule has 1 aromatic heterocycles. The van der Waals surface area contributed by atoms with Crippen molar-refractivity contribution in [2.45, 2.75) is 12.8 Å². The van der Waals surface area contributed by atoms with Crippen LogP contribution in [-0.4, -0.2) is 35.8 Å². The molecule has 2 aromatic rings. The number of likely N-dealkylation sites (N-methyl/N-ethyl adjacent to an activating group) is 1. The van der Waals surface area contributed by atoms with Crippen LogP contribution in [0.4, 0.5) is 0 Å². The van der Waals surface area contributed by atoms with E-state index in [9.17, 15) is 4.79 Å². The summed E-state index contributed by atoms with van der Waals surface area (Å²) in [6, 6.07) is 11.6. The quantitative estimate of drug-likeness (QED) is 0.718. The normalized spacial score (nSPS) is 10.8. The van der Waals surface area contributed by atoms with E-state index in [1.54, 1.807) is 0 Å². The average Bonchev–Trinajstić information content (AvgIpc) is 2.52. The summed E-state index contributed by atoms with van der Waals surface area (Å²) in [6.07, 6.45) is 5.15. The summed E-state index contributed by atoms with van der Waals surface area (Å²) in [5, 5.41) is 0. The fourth-order valence-electron chi connectivity index (χ4n) is 2.05. The first kappa shape index (κ1) is 15.9. The lowest BCUT2D eigenvalue weighted by molar-refractivity contribution is 0.0969. The minimum Gasteiger partial charge on any atom is -0.306 e. The Labute approximate surface area is 134 Å². The summed E-state index contributed by atoms with van der Waals surface area (Å²) in [6.45, 7) is 1.72. The van der Waals surface area contributed by atoms with E-state index in [0.29, 0.717) is 6.42 Å². The molecule has 0 radical (unpaired) electrons. The van der Waals surface area contributed by atoms with Crippen molar-refractivity contribution >= 4 is 21.7 Å². The van der Waals surface area contributed by atoms with Gasteiger partial charge in [0.05, 0.1) is 0 Å². The van der Waals surface area contributed by atoms with Crippen LogP contribution in [0.15, 0.2) is 53.3 Å². The molecule has 0 aliphatic rings. The van der Waals surface area contributed by atoms with E-state index in [4.69, 9.17) is 0 Å². The molecule has 0 fully saturated rings. The maximum atomic E-state index is 12.1. The van der Waals surface area contributed by atoms with Gasteiger partial charge in [0.15, 0.2) is 5.78 Å². The molecule has 2 rings (SSSR count). The van der Waals surface area contributed by atoms with Crippen molar-refractivity contribution in [3.05, 3.63) is 64.4 Å². The Balaban J connectivity index is 1.74. The Bertz CT molecular complexity index is 569. The van der Waals surface area contributed by atoms with E-state index < -0.39 is 0 Å². The molecule has 0 saturated carbocycles. The highest BCUT2D eigenvalue weighted by Crippen LogP contribution is 2.12. The molecule has 0 unspecified atom stereocenters. The molecule has 1 heterocycles. The molecule has 3 nitrogen and oxygen atoms in total. The number of hydrogen-bond donors (Lipinski definition) is 0. The molecular formula is C17H19BrN2O. The lowest BCUT2D eigenvalue weighted by Crippen LogP contribution is -2.24. The van der Waals surface area contributed by atoms with Gasteiger partial charge in [-0.1, -0.05) is 28.1 Å². The molecule has 110 valence electrons. The zero-order chi connectivity index (χ0) is 15.1. The van der Waals surface area contributed by atoms with Crippen molar-refractivity contribution in [2.75, 3.05) is 20.1 Å². The lowest BCUT2D eigenvalue weighted by Gasteiger charge is -2.16. The van der Waals surface area contributed by atoms with Gasteiger partial charge < -0.3 is 4.90 Å². The number of aromatic nitrogens is 1. The fraction of sp³-hybridized carbons (Fsp3) is 0.294. The maximum absolute atomic E-state index is 12.1. The van der Waals surface area contributed by atoms with E-state index in [0.717, 1.165) is 29.5 Å². The highest BCUT2D eigenvalue weighted by Gasteiger charge is 2.07. The molecular weight excluding hydrogens is 328 g/mol. The average molecular weight is 347 g/mol. The van der Waals surface area contributed by atoms with Gasteiger partial charge in [0.1, 0.15) is 0 Å². The Morgan fingerprint density at radius 3 is 2.43 bits per heavy atom. The first-order valence-electron chi connectivity index (χ1n) is 7.01. The van der Waals surface area contributed by atoms with Crippen molar-refractivity contribution in [3.8, 4) is 0 Å². The van der Waals surface area contributed by atoms with Crippen LogP contribution >= 0.6 is 15.9 Å². The van der Waals surface area contributed by atoms with Crippen molar-refractivity contribution in [1.82, 2.24) is 9.88 Å². The van der Waals surface area contributed by atoms with Crippen LogP contribution in [0.2, 0.25) is 0 Å². The maximum Gasteiger partial charge on any atom is 0.164 e. The second-order valence-corrected chi connectivity index (χ2v) is 6.00. The van der Waals surface area contributed by atoms with Crippen LogP contribution in [0.1, 0.15) is 22.3 Å². The summed E-state index contributed by atoms with van der Waals surface area (Å²) in [5.41, 5.74) is 2.05. The van der Waals surface area contributed by atoms with Crippen LogP contribution in [0.25, 0.3) is 0 Å². The third kappa shape index (κ3) is 5.40. The Hall–Kier alpha value is -1.52. The summed E-state index contributed by atoms with van der Waals surface area (Å²) < 4.78 is 0.994. The van der Waals surface area contributed by atoms with Crippen molar-refractivity contribution in [1.29, 1.82) is 0 Å². The van der Waals surface area contributed by atoms with Crippen molar-refractivity contribution < 1.29 is 4.79 Å². The zero-order valence-electron chi connectivity index (χ0n) is 12.1. The molecule has 0 aliphatic heterocycles. The van der Waals surface area contributed by atoms with Gasteiger partial charge in [-0.3, -0.25) is 9.78 Å². The fourth-order valence-corrected chi connectivity index (χ4v) is 2.32. The minimum absolute atomic E-state index is 0.193. The first-order valence-corrected chi connectivity index (χ1v) is 7.80. The number of Topliss-reactive ketones (excluding diaryl/α,β-unsaturated/α-hetero) is 1. The Morgan fingerprint density at radius 2 is 1.76 bits per heavy atom. The molecule has 21 heavy (non-hydrogen) atoms. The topological polar surface area (TPSA) is 33.2 Å². The van der Waals surface area contributed by atoms with Gasteiger partial charge >= 0.3 is 0 Å². The molecule has 4 heteroatoms. The van der Waals surface area contributed by atoms with Gasteiger partial charge in [-0.15, -0.1) is 0 Å². The van der Waals surface area contributed by atoms with E-state index in [-0.39, 0.29) is 5.78 Å². The highest BCUT2D eigenvalue weighted by molar-refractivity contribution is 9.10. The van der Waals surface area contributed by atoms with Gasteiger partial charge in [0.2, 0.25) is 0 Å². The van der Waals surface area contributed by atoms with Gasteiger partial charge in [0.25, 0.3) is 0 Å². The molecule has 0 amide bonds. The molecule has 0 aliphatic carbocycles. The van der Waals surface area contributed by atoms with Crippen molar-refractivity contribution in [2.24, 2.45) is 0 Å². The monoisotopic (exact) mass is 346 g/mol. The van der Waals surface area contributed by atoms with Gasteiger partial charge in [-0.2, -0.15) is 0 Å². The van der Waals surface area contributed by atoms with Crippen LogP contribution in [-0.2, 0) is 6.42 Å². The Kier molecular flexibility index (Phi) is 6.08. The number of ketones is 1. The zero-order valence-corrected chi connectivity index (χ0v) is 13.7. The third-order valence-electron chi connectivity index (χ3n) is 3.42. The second-order valence-electron chi connectivity index (χ2n) is 5.09. The first-order chi connectivity index (χ1) is 10.1. The molecule has 0 atom stereocenters. The van der Waals surface area contributed by atoms with Gasteiger partial charge in [-0.05, 0) is 43.3 Å². The molecule has 0 N–H and O–H groups in total. The van der Waals surface area contributed by atoms with Crippen LogP contribution < -0.4 is 0 Å². The summed E-state index contributed by atoms with van der Waals surface area (Å²) in [4.78, 5) is 18.3. The third-order valence-corrected chi connectivity index (χ3v) is 3.95. The predicted molar refractivity (Wildman–Crippen MR) is 88.5 cm³/mol. The number of carbonyl (C=O) groups excluding carboxylic acids is 1. The van der Waals surface area contributed by atoms with E-state index >= 15 is 0 Å². The number of nitrogens with zero attached hydrogens (tertiary/aromatic N) is 2. The summed E-state index contributed by atoms with van der Waals surface area (Å²) >= 11 is 3.38. The minimum atomic E-state index is 0.193. The Morgan fingerprint density at radius 1 is 1.10 bits per heavy atom. The van der Waals surface area contributed by atoms with Gasteiger partial charge in [0, 0.05) is 41.9 Å².